The third-order valence-electron chi connectivity index (χ3n) is 2.77. The standard InChI is InChI=1S/C11H20N4O2.C3H4N2.CH3.Co/c1-8(10(3)14-16)12-6-5-7-13-9(2)11(4)15-17;1-2-5-3-4-1;;/h16-17H,5-7H2,1-4H3;1-3H,(H,4,5);1H3;/q;;-1;+2. The Morgan fingerprint density at radius 3 is 1.62 bits per heavy atom. The summed E-state index contributed by atoms with van der Waals surface area (Å²) in [5.74, 6) is 0. The summed E-state index contributed by atoms with van der Waals surface area (Å²) in [5, 5.41) is 23.2. The van der Waals surface area contributed by atoms with Crippen molar-refractivity contribution >= 4 is 22.8 Å². The smallest absolute Gasteiger partial charge is 0.411 e. The molecule has 0 atom stereocenters. The van der Waals surface area contributed by atoms with Gasteiger partial charge in [-0.05, 0) is 34.1 Å². The van der Waals surface area contributed by atoms with Gasteiger partial charge in [-0.3, -0.25) is 9.98 Å². The summed E-state index contributed by atoms with van der Waals surface area (Å²) >= 11 is 0. The molecule has 1 heterocycles. The molecule has 1 rings (SSSR count). The Bertz CT molecular complexity index is 473. The molecule has 24 heavy (non-hydrogen) atoms. The molecule has 0 amide bonds. The number of H-pyrrole nitrogens is 1. The number of oxime groups is 2. The molecule has 0 saturated carbocycles. The zero-order valence-corrected chi connectivity index (χ0v) is 15.9. The second kappa shape index (κ2) is 17.4. The van der Waals surface area contributed by atoms with E-state index in [9.17, 15) is 0 Å². The summed E-state index contributed by atoms with van der Waals surface area (Å²) in [6.45, 7) is 8.25. The molecule has 0 saturated heterocycles. The number of hydrogen-bond donors (Lipinski definition) is 3. The van der Waals surface area contributed by atoms with E-state index in [1.165, 1.54) is 0 Å². The Morgan fingerprint density at radius 1 is 0.917 bits per heavy atom. The Kier molecular flexibility index (Phi) is 19.4. The second-order valence-electron chi connectivity index (χ2n) is 4.42. The van der Waals surface area contributed by atoms with Gasteiger partial charge >= 0.3 is 16.8 Å². The number of aromatic amines is 1. The Hall–Kier alpha value is -2.00. The average molecular weight is 382 g/mol. The fourth-order valence-electron chi connectivity index (χ4n) is 1.15. The predicted octanol–water partition coefficient (Wildman–Crippen LogP) is 2.86. The van der Waals surface area contributed by atoms with Crippen molar-refractivity contribution in [2.45, 2.75) is 34.1 Å². The molecule has 3 N–H and O–H groups in total. The number of rotatable bonds is 6. The summed E-state index contributed by atoms with van der Waals surface area (Å²) in [4.78, 5) is 14.9. The number of aliphatic imine (C=N–C) groups is 2. The number of nitrogens with one attached hydrogen (secondary N) is 1. The van der Waals surface area contributed by atoms with Crippen molar-refractivity contribution < 1.29 is 27.2 Å². The van der Waals surface area contributed by atoms with Crippen LogP contribution >= 0.6 is 0 Å². The molecule has 0 aliphatic carbocycles. The van der Waals surface area contributed by atoms with Gasteiger partial charge in [-0.2, -0.15) is 0 Å². The maximum absolute atomic E-state index is 8.52. The van der Waals surface area contributed by atoms with Gasteiger partial charge in [0.15, 0.2) is 0 Å². The molecule has 1 aromatic rings. The zero-order chi connectivity index (χ0) is 16.8. The van der Waals surface area contributed by atoms with E-state index in [1.54, 1.807) is 46.4 Å². The fourth-order valence-corrected chi connectivity index (χ4v) is 1.15. The minimum absolute atomic E-state index is 0. The Balaban J connectivity index is -0.000000535. The monoisotopic (exact) mass is 382 g/mol. The minimum atomic E-state index is 0. The van der Waals surface area contributed by atoms with Crippen LogP contribution in [0.25, 0.3) is 0 Å². The number of aromatic nitrogens is 2. The average Bonchev–Trinajstić information content (AvgIpc) is 3.12. The molecule has 0 aromatic carbocycles. The summed E-state index contributed by atoms with van der Waals surface area (Å²) in [6.07, 6.45) is 5.88. The van der Waals surface area contributed by atoms with Crippen molar-refractivity contribution in [2.75, 3.05) is 13.1 Å². The van der Waals surface area contributed by atoms with E-state index in [0.717, 1.165) is 17.8 Å². The Morgan fingerprint density at radius 2 is 1.38 bits per heavy atom. The summed E-state index contributed by atoms with van der Waals surface area (Å²) in [7, 11) is 0. The second-order valence-corrected chi connectivity index (χ2v) is 4.42. The molecular formula is C15H27CoN6O2+. The van der Waals surface area contributed by atoms with Crippen LogP contribution < -0.4 is 0 Å². The molecular weight excluding hydrogens is 355 g/mol. The van der Waals surface area contributed by atoms with Crippen LogP contribution in [0, 0.1) is 7.43 Å². The van der Waals surface area contributed by atoms with Gasteiger partial charge in [0.25, 0.3) is 0 Å². The van der Waals surface area contributed by atoms with Gasteiger partial charge in [-0.1, -0.05) is 10.3 Å². The van der Waals surface area contributed by atoms with Gasteiger partial charge in [0.2, 0.25) is 0 Å². The van der Waals surface area contributed by atoms with Crippen molar-refractivity contribution in [1.82, 2.24) is 9.97 Å². The topological polar surface area (TPSA) is 119 Å². The van der Waals surface area contributed by atoms with Gasteiger partial charge in [0.05, 0.1) is 29.2 Å². The third-order valence-corrected chi connectivity index (χ3v) is 2.77. The van der Waals surface area contributed by atoms with Crippen molar-refractivity contribution in [3.63, 3.8) is 0 Å². The number of imidazole rings is 1. The summed E-state index contributed by atoms with van der Waals surface area (Å²) < 4.78 is 0. The summed E-state index contributed by atoms with van der Waals surface area (Å²) in [6, 6.07) is 0. The largest absolute Gasteiger partial charge is 2.00 e. The molecule has 0 aliphatic heterocycles. The fraction of sp³-hybridized carbons (Fsp3) is 0.467. The van der Waals surface area contributed by atoms with E-state index >= 15 is 0 Å². The van der Waals surface area contributed by atoms with Gasteiger partial charge in [-0.25, -0.2) is 4.98 Å². The molecule has 1 aromatic heterocycles. The van der Waals surface area contributed by atoms with Crippen LogP contribution in [0.2, 0.25) is 0 Å². The van der Waals surface area contributed by atoms with Gasteiger partial charge in [-0.15, -0.1) is 0 Å². The maximum atomic E-state index is 8.52. The van der Waals surface area contributed by atoms with Crippen LogP contribution in [0.5, 0.6) is 0 Å². The molecule has 0 bridgehead atoms. The van der Waals surface area contributed by atoms with Gasteiger partial charge < -0.3 is 22.8 Å². The first-order chi connectivity index (χ1) is 10.5. The normalized spacial score (nSPS) is 12.5. The van der Waals surface area contributed by atoms with E-state index in [1.807, 2.05) is 0 Å². The van der Waals surface area contributed by atoms with Crippen molar-refractivity contribution in [3.05, 3.63) is 26.1 Å². The van der Waals surface area contributed by atoms with Gasteiger partial charge in [0.1, 0.15) is 0 Å². The molecule has 137 valence electrons. The Labute approximate surface area is 154 Å². The molecule has 0 fully saturated rings. The van der Waals surface area contributed by atoms with E-state index in [4.69, 9.17) is 10.4 Å². The summed E-state index contributed by atoms with van der Waals surface area (Å²) in [5.41, 5.74) is 2.49. The minimum Gasteiger partial charge on any atom is -0.411 e. The first-order valence-electron chi connectivity index (χ1n) is 6.85. The van der Waals surface area contributed by atoms with E-state index in [0.29, 0.717) is 24.5 Å². The number of nitrogens with zero attached hydrogens (tertiary/aromatic N) is 5. The van der Waals surface area contributed by atoms with E-state index in [-0.39, 0.29) is 24.2 Å². The van der Waals surface area contributed by atoms with Crippen LogP contribution in [-0.4, -0.2) is 56.3 Å². The molecule has 9 heteroatoms. The SMILES string of the molecule is CC(=NO)C(C)=NCCCN=C(C)C(C)=NO.[CH3-].[Co+2].c1c[nH]cn1. The molecule has 1 radical (unpaired) electrons. The van der Waals surface area contributed by atoms with E-state index < -0.39 is 0 Å². The van der Waals surface area contributed by atoms with Crippen LogP contribution in [0.1, 0.15) is 34.1 Å². The number of hydrogen-bond acceptors (Lipinski definition) is 7. The van der Waals surface area contributed by atoms with Crippen LogP contribution in [-0.2, 0) is 16.8 Å². The van der Waals surface area contributed by atoms with Crippen molar-refractivity contribution in [1.29, 1.82) is 0 Å². The van der Waals surface area contributed by atoms with Crippen molar-refractivity contribution in [3.8, 4) is 0 Å². The van der Waals surface area contributed by atoms with Crippen LogP contribution in [0.15, 0.2) is 39.0 Å². The third kappa shape index (κ3) is 13.6. The van der Waals surface area contributed by atoms with Gasteiger partial charge in [0, 0.05) is 25.5 Å². The zero-order valence-electron chi connectivity index (χ0n) is 14.8. The quantitative estimate of drug-likeness (QED) is 0.231. The van der Waals surface area contributed by atoms with Crippen LogP contribution in [0.3, 0.4) is 0 Å². The van der Waals surface area contributed by atoms with E-state index in [2.05, 4.69) is 30.3 Å². The predicted molar refractivity (Wildman–Crippen MR) is 95.4 cm³/mol. The molecule has 0 unspecified atom stereocenters. The molecule has 0 aliphatic rings. The first kappa shape index (κ1) is 26.9. The van der Waals surface area contributed by atoms with Crippen molar-refractivity contribution in [2.24, 2.45) is 20.3 Å². The van der Waals surface area contributed by atoms with Crippen LogP contribution in [0.4, 0.5) is 0 Å². The first-order valence-corrected chi connectivity index (χ1v) is 6.85. The molecule has 8 nitrogen and oxygen atoms in total. The maximum Gasteiger partial charge on any atom is 2.00 e. The molecule has 0 spiro atoms.